The molecule has 1 aliphatic heterocycles. The van der Waals surface area contributed by atoms with Crippen molar-refractivity contribution in [3.05, 3.63) is 35.4 Å². The molecule has 1 aromatic carbocycles. The second kappa shape index (κ2) is 5.07. The average molecular weight is 274 g/mol. The van der Waals surface area contributed by atoms with E-state index in [1.807, 2.05) is 13.8 Å². The molecule has 1 heterocycles. The molecule has 1 atom stereocenters. The highest BCUT2D eigenvalue weighted by molar-refractivity contribution is 6.09. The molecule has 0 spiro atoms. The lowest BCUT2D eigenvalue weighted by molar-refractivity contribution is -0.124. The van der Waals surface area contributed by atoms with Gasteiger partial charge in [0.25, 0.3) is 5.91 Å². The van der Waals surface area contributed by atoms with Gasteiger partial charge in [-0.1, -0.05) is 32.0 Å². The molecule has 5 nitrogen and oxygen atoms in total. The Morgan fingerprint density at radius 1 is 1.40 bits per heavy atom. The summed E-state index contributed by atoms with van der Waals surface area (Å²) in [5.74, 6) is -0.498. The molecule has 5 heteroatoms. The molecule has 1 aromatic rings. The normalized spacial score (nSPS) is 21.8. The van der Waals surface area contributed by atoms with Gasteiger partial charge in [-0.15, -0.1) is 0 Å². The highest BCUT2D eigenvalue weighted by Gasteiger charge is 2.41. The highest BCUT2D eigenvalue weighted by Crippen LogP contribution is 2.26. The Morgan fingerprint density at radius 2 is 2.05 bits per heavy atom. The molecule has 2 N–H and O–H groups in total. The number of benzene rings is 1. The van der Waals surface area contributed by atoms with Crippen LogP contribution in [0.2, 0.25) is 0 Å². The Kier molecular flexibility index (Phi) is 3.61. The van der Waals surface area contributed by atoms with Crippen LogP contribution in [0, 0.1) is 5.92 Å². The first-order valence-electron chi connectivity index (χ1n) is 6.56. The fourth-order valence-electron chi connectivity index (χ4n) is 2.16. The first-order valence-corrected chi connectivity index (χ1v) is 6.56. The number of nitrogens with zero attached hydrogens (tertiary/aromatic N) is 1. The van der Waals surface area contributed by atoms with Gasteiger partial charge in [-0.2, -0.15) is 0 Å². The topological polar surface area (TPSA) is 78.8 Å². The van der Waals surface area contributed by atoms with Gasteiger partial charge in [0.2, 0.25) is 0 Å². The number of hydrogen-bond acceptors (Lipinski definition) is 3. The van der Waals surface area contributed by atoms with E-state index < -0.39 is 11.5 Å². The van der Waals surface area contributed by atoms with Crippen LogP contribution in [0.3, 0.4) is 0 Å². The number of carboxylic acid groups (broad SMARTS) is 1. The van der Waals surface area contributed by atoms with E-state index in [4.69, 9.17) is 5.11 Å². The van der Waals surface area contributed by atoms with Crippen molar-refractivity contribution in [2.45, 2.75) is 32.7 Å². The SMILES string of the molecule is CC(C)C1(C)N=C(Cc2ccccc2C(=O)O)NC1=O. The Balaban J connectivity index is 2.29. The predicted molar refractivity (Wildman–Crippen MR) is 75.9 cm³/mol. The molecule has 0 saturated heterocycles. The number of nitrogens with one attached hydrogen (secondary N) is 1. The number of amidine groups is 1. The van der Waals surface area contributed by atoms with Gasteiger partial charge in [0.05, 0.1) is 5.56 Å². The van der Waals surface area contributed by atoms with E-state index in [1.165, 1.54) is 0 Å². The fourth-order valence-corrected chi connectivity index (χ4v) is 2.16. The zero-order chi connectivity index (χ0) is 14.9. The minimum absolute atomic E-state index is 0.0784. The number of amides is 1. The van der Waals surface area contributed by atoms with Gasteiger partial charge >= 0.3 is 5.97 Å². The molecule has 1 amide bonds. The van der Waals surface area contributed by atoms with Crippen LogP contribution in [0.15, 0.2) is 29.3 Å². The minimum atomic E-state index is -0.975. The van der Waals surface area contributed by atoms with Crippen molar-refractivity contribution >= 4 is 17.7 Å². The van der Waals surface area contributed by atoms with E-state index in [-0.39, 0.29) is 17.4 Å². The van der Waals surface area contributed by atoms with Crippen LogP contribution in [0.4, 0.5) is 0 Å². The maximum atomic E-state index is 12.0. The first-order chi connectivity index (χ1) is 9.34. The number of rotatable bonds is 4. The van der Waals surface area contributed by atoms with Crippen LogP contribution in [0.25, 0.3) is 0 Å². The van der Waals surface area contributed by atoms with Gasteiger partial charge in [0.15, 0.2) is 0 Å². The monoisotopic (exact) mass is 274 g/mol. The largest absolute Gasteiger partial charge is 0.478 e. The molecular weight excluding hydrogens is 256 g/mol. The van der Waals surface area contributed by atoms with Crippen molar-refractivity contribution in [1.29, 1.82) is 0 Å². The van der Waals surface area contributed by atoms with Crippen molar-refractivity contribution < 1.29 is 14.7 Å². The maximum Gasteiger partial charge on any atom is 0.335 e. The van der Waals surface area contributed by atoms with E-state index in [2.05, 4.69) is 10.3 Å². The van der Waals surface area contributed by atoms with E-state index in [9.17, 15) is 9.59 Å². The molecule has 20 heavy (non-hydrogen) atoms. The lowest BCUT2D eigenvalue weighted by Crippen LogP contribution is -2.41. The van der Waals surface area contributed by atoms with Gasteiger partial charge in [0, 0.05) is 6.42 Å². The molecule has 106 valence electrons. The van der Waals surface area contributed by atoms with Gasteiger partial charge < -0.3 is 10.4 Å². The number of aliphatic imine (C=N–C) groups is 1. The van der Waals surface area contributed by atoms with Crippen molar-refractivity contribution in [1.82, 2.24) is 5.32 Å². The summed E-state index contributed by atoms with van der Waals surface area (Å²) in [5.41, 5.74) is 0.114. The second-order valence-corrected chi connectivity index (χ2v) is 5.45. The Morgan fingerprint density at radius 3 is 2.60 bits per heavy atom. The van der Waals surface area contributed by atoms with E-state index in [0.29, 0.717) is 17.8 Å². The summed E-state index contributed by atoms with van der Waals surface area (Å²) in [4.78, 5) is 27.6. The average Bonchev–Trinajstić information content (AvgIpc) is 2.66. The lowest BCUT2D eigenvalue weighted by atomic mass is 9.89. The standard InChI is InChI=1S/C15H18N2O3/c1-9(2)15(3)14(20)16-12(17-15)8-10-6-4-5-7-11(10)13(18)19/h4-7,9H,8H2,1-3H3,(H,18,19)(H,16,17,20). The third-order valence-electron chi connectivity index (χ3n) is 3.81. The molecule has 0 aliphatic carbocycles. The summed E-state index contributed by atoms with van der Waals surface area (Å²) in [6.45, 7) is 5.68. The minimum Gasteiger partial charge on any atom is -0.478 e. The molecule has 0 saturated carbocycles. The summed E-state index contributed by atoms with van der Waals surface area (Å²) >= 11 is 0. The number of hydrogen-bond donors (Lipinski definition) is 2. The van der Waals surface area contributed by atoms with E-state index in [0.717, 1.165) is 0 Å². The van der Waals surface area contributed by atoms with Crippen LogP contribution in [0.5, 0.6) is 0 Å². The van der Waals surface area contributed by atoms with Crippen molar-refractivity contribution in [2.24, 2.45) is 10.9 Å². The molecule has 0 radical (unpaired) electrons. The number of aromatic carboxylic acids is 1. The van der Waals surface area contributed by atoms with Crippen LogP contribution in [-0.4, -0.2) is 28.4 Å². The summed E-state index contributed by atoms with van der Waals surface area (Å²) in [5, 5.41) is 11.9. The fraction of sp³-hybridized carbons (Fsp3) is 0.400. The first kappa shape index (κ1) is 14.2. The highest BCUT2D eigenvalue weighted by atomic mass is 16.4. The van der Waals surface area contributed by atoms with Crippen LogP contribution in [0.1, 0.15) is 36.7 Å². The number of carbonyl (C=O) groups excluding carboxylic acids is 1. The molecule has 2 rings (SSSR count). The van der Waals surface area contributed by atoms with Gasteiger partial charge in [-0.05, 0) is 24.5 Å². The third-order valence-corrected chi connectivity index (χ3v) is 3.81. The molecule has 0 fully saturated rings. The number of carboxylic acids is 1. The molecule has 0 aromatic heterocycles. The maximum absolute atomic E-state index is 12.0. The lowest BCUT2D eigenvalue weighted by Gasteiger charge is -2.21. The summed E-state index contributed by atoms with van der Waals surface area (Å²) in [6, 6.07) is 6.75. The van der Waals surface area contributed by atoms with Crippen LogP contribution in [-0.2, 0) is 11.2 Å². The Labute approximate surface area is 117 Å². The van der Waals surface area contributed by atoms with Gasteiger partial charge in [0.1, 0.15) is 11.4 Å². The summed E-state index contributed by atoms with van der Waals surface area (Å²) in [6.07, 6.45) is 0.316. The number of carbonyl (C=O) groups is 2. The Hall–Kier alpha value is -2.17. The third kappa shape index (κ3) is 2.43. The van der Waals surface area contributed by atoms with Crippen LogP contribution < -0.4 is 5.32 Å². The zero-order valence-electron chi connectivity index (χ0n) is 11.8. The summed E-state index contributed by atoms with van der Waals surface area (Å²) < 4.78 is 0. The smallest absolute Gasteiger partial charge is 0.335 e. The van der Waals surface area contributed by atoms with Crippen LogP contribution >= 0.6 is 0 Å². The summed E-state index contributed by atoms with van der Waals surface area (Å²) in [7, 11) is 0. The predicted octanol–water partition coefficient (Wildman–Crippen LogP) is 1.87. The van der Waals surface area contributed by atoms with E-state index >= 15 is 0 Å². The molecule has 1 unspecified atom stereocenters. The van der Waals surface area contributed by atoms with Crippen molar-refractivity contribution in [3.8, 4) is 0 Å². The molecular formula is C15H18N2O3. The molecule has 0 bridgehead atoms. The van der Waals surface area contributed by atoms with E-state index in [1.54, 1.807) is 31.2 Å². The second-order valence-electron chi connectivity index (χ2n) is 5.45. The quantitative estimate of drug-likeness (QED) is 0.879. The van der Waals surface area contributed by atoms with Gasteiger partial charge in [-0.25, -0.2) is 4.79 Å². The zero-order valence-corrected chi connectivity index (χ0v) is 11.8. The Bertz CT molecular complexity index is 593. The van der Waals surface area contributed by atoms with Gasteiger partial charge in [-0.3, -0.25) is 9.79 Å². The van der Waals surface area contributed by atoms with Crippen molar-refractivity contribution in [2.75, 3.05) is 0 Å². The molecule has 1 aliphatic rings. The van der Waals surface area contributed by atoms with Crippen molar-refractivity contribution in [3.63, 3.8) is 0 Å².